The summed E-state index contributed by atoms with van der Waals surface area (Å²) in [6, 6.07) is 3.26. The van der Waals surface area contributed by atoms with Gasteiger partial charge in [-0.05, 0) is 12.1 Å². The van der Waals surface area contributed by atoms with Gasteiger partial charge < -0.3 is 9.67 Å². The lowest BCUT2D eigenvalue weighted by atomic mass is 10.3. The Morgan fingerprint density at radius 3 is 2.79 bits per heavy atom. The van der Waals surface area contributed by atoms with Crippen LogP contribution >= 0.6 is 11.3 Å². The first-order chi connectivity index (χ1) is 6.63. The fraction of sp³-hybridized carbons (Fsp3) is 0.111. The summed E-state index contributed by atoms with van der Waals surface area (Å²) in [5.74, 6) is -0.932. The third-order valence-electron chi connectivity index (χ3n) is 2.07. The molecule has 0 aliphatic heterocycles. The molecule has 4 nitrogen and oxygen atoms in total. The van der Waals surface area contributed by atoms with Gasteiger partial charge in [0, 0.05) is 12.4 Å². The second-order valence-electron chi connectivity index (χ2n) is 2.92. The molecule has 0 fully saturated rings. The summed E-state index contributed by atoms with van der Waals surface area (Å²) < 4.78 is 1.69. The first-order valence-electron chi connectivity index (χ1n) is 3.91. The van der Waals surface area contributed by atoms with Crippen LogP contribution in [-0.2, 0) is 7.05 Å². The van der Waals surface area contributed by atoms with Crippen LogP contribution in [0.15, 0.2) is 12.1 Å². The van der Waals surface area contributed by atoms with Crippen molar-refractivity contribution in [2.75, 3.05) is 0 Å². The van der Waals surface area contributed by atoms with Gasteiger partial charge >= 0.3 is 5.97 Å². The van der Waals surface area contributed by atoms with Crippen LogP contribution in [0.4, 0.5) is 0 Å². The molecule has 72 valence electrons. The number of hydrogen-bond donors (Lipinski definition) is 1. The number of nitrogens with zero attached hydrogens (tertiary/aromatic N) is 1. The first kappa shape index (κ1) is 8.96. The predicted molar refractivity (Wildman–Crippen MR) is 53.1 cm³/mol. The highest BCUT2D eigenvalue weighted by Crippen LogP contribution is 2.27. The minimum absolute atomic E-state index is 0.294. The van der Waals surface area contributed by atoms with E-state index in [2.05, 4.69) is 0 Å². The average molecular weight is 209 g/mol. The van der Waals surface area contributed by atoms with E-state index in [1.54, 1.807) is 23.7 Å². The van der Waals surface area contributed by atoms with Crippen molar-refractivity contribution >= 4 is 33.8 Å². The van der Waals surface area contributed by atoms with Gasteiger partial charge in [0.1, 0.15) is 9.71 Å². The first-order valence-corrected chi connectivity index (χ1v) is 4.73. The molecule has 2 aromatic heterocycles. The number of thiophene rings is 1. The lowest BCUT2D eigenvalue weighted by Gasteiger charge is -1.93. The largest absolute Gasteiger partial charge is 0.477 e. The maximum absolute atomic E-state index is 10.7. The fourth-order valence-corrected chi connectivity index (χ4v) is 2.31. The van der Waals surface area contributed by atoms with Crippen molar-refractivity contribution < 1.29 is 14.7 Å². The van der Waals surface area contributed by atoms with Crippen molar-refractivity contribution in [3.05, 3.63) is 22.7 Å². The van der Waals surface area contributed by atoms with Gasteiger partial charge in [0.25, 0.3) is 0 Å². The second-order valence-corrected chi connectivity index (χ2v) is 3.95. The van der Waals surface area contributed by atoms with Crippen molar-refractivity contribution in [1.82, 2.24) is 4.57 Å². The van der Waals surface area contributed by atoms with Crippen LogP contribution in [0.1, 0.15) is 20.2 Å². The Balaban J connectivity index is 2.70. The van der Waals surface area contributed by atoms with E-state index in [1.807, 2.05) is 0 Å². The van der Waals surface area contributed by atoms with E-state index in [9.17, 15) is 9.59 Å². The molecule has 0 saturated carbocycles. The molecule has 0 spiro atoms. The van der Waals surface area contributed by atoms with Crippen LogP contribution < -0.4 is 0 Å². The summed E-state index contributed by atoms with van der Waals surface area (Å²) in [6.07, 6.45) is 0.757. The molecule has 0 atom stereocenters. The van der Waals surface area contributed by atoms with Gasteiger partial charge in [0.2, 0.25) is 0 Å². The van der Waals surface area contributed by atoms with Crippen LogP contribution in [0.5, 0.6) is 0 Å². The lowest BCUT2D eigenvalue weighted by Crippen LogP contribution is -1.93. The predicted octanol–water partition coefficient (Wildman–Crippen LogP) is 1.75. The van der Waals surface area contributed by atoms with Crippen LogP contribution in [-0.4, -0.2) is 21.9 Å². The SMILES string of the molecule is Cn1c(C=O)cc2cc(C(=O)O)sc21. The minimum Gasteiger partial charge on any atom is -0.477 e. The van der Waals surface area contributed by atoms with Gasteiger partial charge in [-0.15, -0.1) is 11.3 Å². The number of carbonyl (C=O) groups is 2. The zero-order valence-electron chi connectivity index (χ0n) is 7.35. The molecule has 0 aromatic carbocycles. The molecule has 0 saturated heterocycles. The summed E-state index contributed by atoms with van der Waals surface area (Å²) in [4.78, 5) is 22.4. The summed E-state index contributed by atoms with van der Waals surface area (Å²) >= 11 is 1.17. The summed E-state index contributed by atoms with van der Waals surface area (Å²) in [6.45, 7) is 0. The molecule has 0 unspecified atom stereocenters. The summed E-state index contributed by atoms with van der Waals surface area (Å²) in [5, 5.41) is 9.56. The molecule has 0 aliphatic rings. The normalized spacial score (nSPS) is 10.6. The maximum atomic E-state index is 10.7. The van der Waals surface area contributed by atoms with E-state index in [4.69, 9.17) is 5.11 Å². The molecule has 0 bridgehead atoms. The number of carboxylic acid groups (broad SMARTS) is 1. The topological polar surface area (TPSA) is 59.3 Å². The highest BCUT2D eigenvalue weighted by atomic mass is 32.1. The molecule has 0 aliphatic carbocycles. The van der Waals surface area contributed by atoms with E-state index in [0.717, 1.165) is 16.5 Å². The maximum Gasteiger partial charge on any atom is 0.345 e. The molecule has 5 heteroatoms. The number of aromatic carboxylic acids is 1. The standard InChI is InChI=1S/C9H7NO3S/c1-10-6(4-11)2-5-3-7(9(12)13)14-8(5)10/h2-4H,1H3,(H,12,13). The number of carbonyl (C=O) groups excluding carboxylic acids is 1. The number of aromatic nitrogens is 1. The van der Waals surface area contributed by atoms with Crippen molar-refractivity contribution in [2.45, 2.75) is 0 Å². The van der Waals surface area contributed by atoms with E-state index >= 15 is 0 Å². The molecule has 1 N–H and O–H groups in total. The Hall–Kier alpha value is -1.62. The van der Waals surface area contributed by atoms with Crippen molar-refractivity contribution in [3.63, 3.8) is 0 Å². The Labute approximate surface area is 83.4 Å². The van der Waals surface area contributed by atoms with Gasteiger partial charge in [0.05, 0.1) is 5.69 Å². The molecule has 0 amide bonds. The monoisotopic (exact) mass is 209 g/mol. The number of rotatable bonds is 2. The Bertz CT molecular complexity index is 523. The van der Waals surface area contributed by atoms with Gasteiger partial charge in [-0.3, -0.25) is 4.79 Å². The van der Waals surface area contributed by atoms with Gasteiger partial charge in [-0.2, -0.15) is 0 Å². The second kappa shape index (κ2) is 2.95. The average Bonchev–Trinajstić information content (AvgIpc) is 2.66. The van der Waals surface area contributed by atoms with E-state index in [-0.39, 0.29) is 0 Å². The number of aryl methyl sites for hydroxylation is 1. The van der Waals surface area contributed by atoms with Gasteiger partial charge in [0.15, 0.2) is 6.29 Å². The lowest BCUT2D eigenvalue weighted by molar-refractivity contribution is 0.0702. The summed E-state index contributed by atoms with van der Waals surface area (Å²) in [5.41, 5.74) is 0.559. The van der Waals surface area contributed by atoms with Crippen LogP contribution in [0.3, 0.4) is 0 Å². The van der Waals surface area contributed by atoms with E-state index in [0.29, 0.717) is 10.6 Å². The highest BCUT2D eigenvalue weighted by Gasteiger charge is 2.12. The molecule has 2 rings (SSSR count). The zero-order valence-corrected chi connectivity index (χ0v) is 8.17. The minimum atomic E-state index is -0.932. The van der Waals surface area contributed by atoms with Gasteiger partial charge in [-0.25, -0.2) is 4.79 Å². The molecular weight excluding hydrogens is 202 g/mol. The van der Waals surface area contributed by atoms with E-state index < -0.39 is 5.97 Å². The molecule has 14 heavy (non-hydrogen) atoms. The van der Waals surface area contributed by atoms with E-state index in [1.165, 1.54) is 11.3 Å². The quantitative estimate of drug-likeness (QED) is 0.766. The number of aldehydes is 1. The third kappa shape index (κ3) is 1.13. The van der Waals surface area contributed by atoms with Gasteiger partial charge in [-0.1, -0.05) is 0 Å². The van der Waals surface area contributed by atoms with Crippen LogP contribution in [0.25, 0.3) is 10.2 Å². The van der Waals surface area contributed by atoms with Crippen molar-refractivity contribution in [2.24, 2.45) is 7.05 Å². The smallest absolute Gasteiger partial charge is 0.345 e. The Kier molecular flexibility index (Phi) is 1.89. The highest BCUT2D eigenvalue weighted by molar-refractivity contribution is 7.20. The summed E-state index contributed by atoms with van der Waals surface area (Å²) in [7, 11) is 1.74. The fourth-order valence-electron chi connectivity index (χ4n) is 1.35. The zero-order chi connectivity index (χ0) is 10.3. The molecule has 2 aromatic rings. The Morgan fingerprint density at radius 2 is 2.29 bits per heavy atom. The number of fused-ring (bicyclic) bond motifs is 1. The number of hydrogen-bond acceptors (Lipinski definition) is 3. The third-order valence-corrected chi connectivity index (χ3v) is 3.28. The van der Waals surface area contributed by atoms with Crippen LogP contribution in [0, 0.1) is 0 Å². The molecular formula is C9H7NO3S. The van der Waals surface area contributed by atoms with Crippen LogP contribution in [0.2, 0.25) is 0 Å². The number of carboxylic acids is 1. The molecule has 2 heterocycles. The van der Waals surface area contributed by atoms with Crippen molar-refractivity contribution in [1.29, 1.82) is 0 Å². The van der Waals surface area contributed by atoms with Crippen molar-refractivity contribution in [3.8, 4) is 0 Å². The molecule has 0 radical (unpaired) electrons. The Morgan fingerprint density at radius 1 is 1.57 bits per heavy atom.